The third kappa shape index (κ3) is 3.53. The molecule has 0 bridgehead atoms. The molecule has 3 heteroatoms. The number of guanidine groups is 1. The number of hydrogen-bond acceptors (Lipinski definition) is 1. The van der Waals surface area contributed by atoms with Crippen molar-refractivity contribution in [2.24, 2.45) is 4.99 Å². The molecule has 0 unspecified atom stereocenters. The lowest BCUT2D eigenvalue weighted by Crippen LogP contribution is -2.52. The summed E-state index contributed by atoms with van der Waals surface area (Å²) in [6.45, 7) is 7.40. The van der Waals surface area contributed by atoms with E-state index in [0.29, 0.717) is 0 Å². The van der Waals surface area contributed by atoms with Crippen molar-refractivity contribution < 1.29 is 0 Å². The van der Waals surface area contributed by atoms with Gasteiger partial charge < -0.3 is 10.6 Å². The molecule has 0 spiro atoms. The van der Waals surface area contributed by atoms with Crippen LogP contribution in [0.25, 0.3) is 0 Å². The summed E-state index contributed by atoms with van der Waals surface area (Å²) in [5.74, 6) is 0.889. The third-order valence-electron chi connectivity index (χ3n) is 4.01. The molecule has 0 radical (unpaired) electrons. The molecule has 0 atom stereocenters. The number of hydrogen-bond donors (Lipinski definition) is 2. The molecule has 2 N–H and O–H groups in total. The fourth-order valence-electron chi connectivity index (χ4n) is 2.75. The zero-order chi connectivity index (χ0) is 14.6. The van der Waals surface area contributed by atoms with Crippen LogP contribution in [0.5, 0.6) is 0 Å². The van der Waals surface area contributed by atoms with Gasteiger partial charge in [-0.25, -0.2) is 0 Å². The molecule has 0 aliphatic heterocycles. The molecule has 1 aromatic rings. The van der Waals surface area contributed by atoms with Gasteiger partial charge in [-0.1, -0.05) is 36.8 Å². The van der Waals surface area contributed by atoms with Gasteiger partial charge in [-0.3, -0.25) is 4.99 Å². The fraction of sp³-hybridized carbons (Fsp3) is 0.588. The molecule has 1 aliphatic carbocycles. The molecule has 0 amide bonds. The molecule has 110 valence electrons. The summed E-state index contributed by atoms with van der Waals surface area (Å²) >= 11 is 0. The largest absolute Gasteiger partial charge is 0.356 e. The van der Waals surface area contributed by atoms with Gasteiger partial charge in [0.05, 0.1) is 0 Å². The second-order valence-corrected chi connectivity index (χ2v) is 6.80. The lowest BCUT2D eigenvalue weighted by atomic mass is 9.64. The van der Waals surface area contributed by atoms with Gasteiger partial charge in [0, 0.05) is 24.5 Å². The summed E-state index contributed by atoms with van der Waals surface area (Å²) in [7, 11) is 1.83. The minimum atomic E-state index is 0.0291. The van der Waals surface area contributed by atoms with E-state index in [-0.39, 0.29) is 11.0 Å². The SMILES string of the molecule is CN=C(NCC1(c2ccccc2)CCC1)NC(C)(C)C. The van der Waals surface area contributed by atoms with Crippen LogP contribution in [0.15, 0.2) is 35.3 Å². The first-order valence-electron chi connectivity index (χ1n) is 7.50. The van der Waals surface area contributed by atoms with Gasteiger partial charge in [-0.15, -0.1) is 0 Å². The van der Waals surface area contributed by atoms with Crippen molar-refractivity contribution in [2.75, 3.05) is 13.6 Å². The summed E-state index contributed by atoms with van der Waals surface area (Å²) in [4.78, 5) is 4.32. The first-order valence-corrected chi connectivity index (χ1v) is 7.50. The van der Waals surface area contributed by atoms with Gasteiger partial charge in [-0.2, -0.15) is 0 Å². The normalized spacial score (nSPS) is 18.3. The molecule has 0 heterocycles. The van der Waals surface area contributed by atoms with E-state index in [1.165, 1.54) is 24.8 Å². The predicted molar refractivity (Wildman–Crippen MR) is 86.2 cm³/mol. The highest BCUT2D eigenvalue weighted by atomic mass is 15.2. The van der Waals surface area contributed by atoms with E-state index in [1.807, 2.05) is 7.05 Å². The highest BCUT2D eigenvalue weighted by molar-refractivity contribution is 5.80. The third-order valence-corrected chi connectivity index (χ3v) is 4.01. The van der Waals surface area contributed by atoms with E-state index < -0.39 is 0 Å². The predicted octanol–water partition coefficient (Wildman–Crippen LogP) is 3.07. The summed E-state index contributed by atoms with van der Waals surface area (Å²) in [5.41, 5.74) is 1.77. The molecule has 20 heavy (non-hydrogen) atoms. The van der Waals surface area contributed by atoms with Crippen LogP contribution in [0.1, 0.15) is 45.6 Å². The van der Waals surface area contributed by atoms with Crippen LogP contribution >= 0.6 is 0 Å². The Balaban J connectivity index is 2.01. The van der Waals surface area contributed by atoms with Crippen LogP contribution in [0.2, 0.25) is 0 Å². The van der Waals surface area contributed by atoms with Crippen LogP contribution < -0.4 is 10.6 Å². The molecule has 1 aromatic carbocycles. The zero-order valence-electron chi connectivity index (χ0n) is 13.2. The Morgan fingerprint density at radius 1 is 1.20 bits per heavy atom. The smallest absolute Gasteiger partial charge is 0.191 e. The fourth-order valence-corrected chi connectivity index (χ4v) is 2.75. The van der Waals surface area contributed by atoms with Crippen molar-refractivity contribution in [2.45, 2.75) is 51.0 Å². The van der Waals surface area contributed by atoms with Gasteiger partial charge in [0.2, 0.25) is 0 Å². The van der Waals surface area contributed by atoms with E-state index in [0.717, 1.165) is 12.5 Å². The van der Waals surface area contributed by atoms with Crippen LogP contribution in [0.3, 0.4) is 0 Å². The van der Waals surface area contributed by atoms with Crippen molar-refractivity contribution in [3.63, 3.8) is 0 Å². The van der Waals surface area contributed by atoms with E-state index >= 15 is 0 Å². The lowest BCUT2D eigenvalue weighted by Gasteiger charge is -2.43. The number of aliphatic imine (C=N–C) groups is 1. The van der Waals surface area contributed by atoms with E-state index in [1.54, 1.807) is 0 Å². The highest BCUT2D eigenvalue weighted by Crippen LogP contribution is 2.43. The van der Waals surface area contributed by atoms with E-state index in [2.05, 4.69) is 66.7 Å². The molecule has 1 aliphatic rings. The Hall–Kier alpha value is -1.51. The molecule has 3 nitrogen and oxygen atoms in total. The van der Waals surface area contributed by atoms with Crippen molar-refractivity contribution in [1.82, 2.24) is 10.6 Å². The summed E-state index contributed by atoms with van der Waals surface area (Å²) in [6.07, 6.45) is 3.84. The monoisotopic (exact) mass is 273 g/mol. The molecule has 1 fully saturated rings. The minimum absolute atomic E-state index is 0.0291. The first-order chi connectivity index (χ1) is 9.45. The highest BCUT2D eigenvalue weighted by Gasteiger charge is 2.38. The Morgan fingerprint density at radius 2 is 1.85 bits per heavy atom. The van der Waals surface area contributed by atoms with Crippen LogP contribution in [0.4, 0.5) is 0 Å². The molecular formula is C17H27N3. The number of nitrogens with zero attached hydrogens (tertiary/aromatic N) is 1. The summed E-state index contributed by atoms with van der Waals surface area (Å²) < 4.78 is 0. The Morgan fingerprint density at radius 3 is 2.30 bits per heavy atom. The Kier molecular flexibility index (Phi) is 4.36. The van der Waals surface area contributed by atoms with Gasteiger partial charge in [0.1, 0.15) is 0 Å². The van der Waals surface area contributed by atoms with Gasteiger partial charge >= 0.3 is 0 Å². The first kappa shape index (κ1) is 14.9. The van der Waals surface area contributed by atoms with Crippen LogP contribution in [-0.4, -0.2) is 25.1 Å². The average Bonchev–Trinajstić information content (AvgIpc) is 2.36. The van der Waals surface area contributed by atoms with E-state index in [4.69, 9.17) is 0 Å². The average molecular weight is 273 g/mol. The topological polar surface area (TPSA) is 36.4 Å². The van der Waals surface area contributed by atoms with Crippen molar-refractivity contribution in [3.05, 3.63) is 35.9 Å². The van der Waals surface area contributed by atoms with E-state index in [9.17, 15) is 0 Å². The maximum absolute atomic E-state index is 4.32. The number of benzene rings is 1. The maximum atomic E-state index is 4.32. The molecule has 0 saturated heterocycles. The summed E-state index contributed by atoms with van der Waals surface area (Å²) in [5, 5.41) is 6.92. The summed E-state index contributed by atoms with van der Waals surface area (Å²) in [6, 6.07) is 10.9. The minimum Gasteiger partial charge on any atom is -0.356 e. The maximum Gasteiger partial charge on any atom is 0.191 e. The van der Waals surface area contributed by atoms with Crippen molar-refractivity contribution in [3.8, 4) is 0 Å². The molecule has 1 saturated carbocycles. The molecule has 2 rings (SSSR count). The van der Waals surface area contributed by atoms with Gasteiger partial charge in [0.25, 0.3) is 0 Å². The standard InChI is InChI=1S/C17H27N3/c1-16(2,3)20-15(18-4)19-13-17(11-8-12-17)14-9-6-5-7-10-14/h5-7,9-10H,8,11-13H2,1-4H3,(H2,18,19,20). The second kappa shape index (κ2) is 5.86. The number of nitrogens with one attached hydrogen (secondary N) is 2. The van der Waals surface area contributed by atoms with Crippen LogP contribution in [-0.2, 0) is 5.41 Å². The van der Waals surface area contributed by atoms with Crippen molar-refractivity contribution in [1.29, 1.82) is 0 Å². The quantitative estimate of drug-likeness (QED) is 0.656. The molecule has 0 aromatic heterocycles. The van der Waals surface area contributed by atoms with Gasteiger partial charge in [-0.05, 0) is 39.2 Å². The second-order valence-electron chi connectivity index (χ2n) is 6.80. The van der Waals surface area contributed by atoms with Gasteiger partial charge in [0.15, 0.2) is 5.96 Å². The zero-order valence-corrected chi connectivity index (χ0v) is 13.2. The Labute approximate surface area is 122 Å². The van der Waals surface area contributed by atoms with Crippen molar-refractivity contribution >= 4 is 5.96 Å². The Bertz CT molecular complexity index is 453. The molecular weight excluding hydrogens is 246 g/mol. The lowest BCUT2D eigenvalue weighted by molar-refractivity contribution is 0.243. The van der Waals surface area contributed by atoms with Crippen LogP contribution in [0, 0.1) is 0 Å². The number of rotatable bonds is 3.